The van der Waals surface area contributed by atoms with Gasteiger partial charge in [0.05, 0.1) is 11.4 Å². The summed E-state index contributed by atoms with van der Waals surface area (Å²) in [6.07, 6.45) is 0. The number of thioether (sulfide) groups is 1. The van der Waals surface area contributed by atoms with Gasteiger partial charge in [-0.2, -0.15) is 0 Å². The average molecular weight is 347 g/mol. The van der Waals surface area contributed by atoms with Crippen LogP contribution in [-0.4, -0.2) is 41.7 Å². The summed E-state index contributed by atoms with van der Waals surface area (Å²) in [5, 5.41) is 6.71. The summed E-state index contributed by atoms with van der Waals surface area (Å²) in [5.41, 5.74) is 3.05. The quantitative estimate of drug-likeness (QED) is 0.869. The molecule has 0 saturated heterocycles. The predicted molar refractivity (Wildman–Crippen MR) is 95.2 cm³/mol. The molecule has 0 aliphatic carbocycles. The van der Waals surface area contributed by atoms with Crippen molar-refractivity contribution in [3.8, 4) is 0 Å². The molecule has 2 amide bonds. The van der Waals surface area contributed by atoms with E-state index in [9.17, 15) is 9.59 Å². The number of carbonyl (C=O) groups is 2. The molecule has 6 nitrogen and oxygen atoms in total. The van der Waals surface area contributed by atoms with Gasteiger partial charge in [0.25, 0.3) is 5.91 Å². The molecule has 0 spiro atoms. The lowest BCUT2D eigenvalue weighted by Gasteiger charge is -2.11. The van der Waals surface area contributed by atoms with Gasteiger partial charge in [-0.05, 0) is 32.0 Å². The Labute approximate surface area is 145 Å². The van der Waals surface area contributed by atoms with Crippen LogP contribution in [0.1, 0.15) is 27.4 Å². The molecule has 1 heterocycles. The van der Waals surface area contributed by atoms with Gasteiger partial charge in [-0.3, -0.25) is 9.59 Å². The fourth-order valence-electron chi connectivity index (χ4n) is 2.14. The van der Waals surface area contributed by atoms with E-state index in [0.29, 0.717) is 22.8 Å². The molecule has 0 unspecified atom stereocenters. The van der Waals surface area contributed by atoms with Crippen molar-refractivity contribution in [2.45, 2.75) is 19.6 Å². The summed E-state index contributed by atoms with van der Waals surface area (Å²) in [6, 6.07) is 6.93. The van der Waals surface area contributed by atoms with E-state index < -0.39 is 0 Å². The van der Waals surface area contributed by atoms with Crippen molar-refractivity contribution in [1.29, 1.82) is 0 Å². The van der Waals surface area contributed by atoms with Gasteiger partial charge in [-0.25, -0.2) is 0 Å². The Bertz CT molecular complexity index is 721. The van der Waals surface area contributed by atoms with Crippen LogP contribution in [0, 0.1) is 13.8 Å². The Hall–Kier alpha value is -2.28. The van der Waals surface area contributed by atoms with Crippen molar-refractivity contribution in [1.82, 2.24) is 10.1 Å². The van der Waals surface area contributed by atoms with Gasteiger partial charge in [0.15, 0.2) is 0 Å². The maximum absolute atomic E-state index is 12.1. The first-order valence-electron chi connectivity index (χ1n) is 7.49. The number of hydrogen-bond donors (Lipinski definition) is 1. The van der Waals surface area contributed by atoms with Crippen LogP contribution in [0.3, 0.4) is 0 Å². The van der Waals surface area contributed by atoms with Crippen molar-refractivity contribution in [2.24, 2.45) is 0 Å². The Morgan fingerprint density at radius 1 is 1.29 bits per heavy atom. The Morgan fingerprint density at radius 3 is 2.67 bits per heavy atom. The molecule has 1 aromatic heterocycles. The lowest BCUT2D eigenvalue weighted by atomic mass is 10.2. The van der Waals surface area contributed by atoms with Gasteiger partial charge in [0.2, 0.25) is 5.91 Å². The molecule has 0 radical (unpaired) electrons. The lowest BCUT2D eigenvalue weighted by molar-refractivity contribution is -0.113. The predicted octanol–water partition coefficient (Wildman–Crippen LogP) is 2.87. The van der Waals surface area contributed by atoms with Gasteiger partial charge in [0.1, 0.15) is 5.76 Å². The van der Waals surface area contributed by atoms with Crippen LogP contribution in [0.2, 0.25) is 0 Å². The highest BCUT2D eigenvalue weighted by molar-refractivity contribution is 7.99. The number of aryl methyl sites for hydroxylation is 2. The standard InChI is InChI=1S/C17H21N3O3S/c1-11-15(12(2)23-19-11)9-24-10-16(21)18-14-7-5-6-13(8-14)17(22)20(3)4/h5-8H,9-10H2,1-4H3,(H,18,21). The molecular formula is C17H21N3O3S. The second kappa shape index (κ2) is 8.01. The molecule has 128 valence electrons. The van der Waals surface area contributed by atoms with E-state index >= 15 is 0 Å². The van der Waals surface area contributed by atoms with E-state index in [0.717, 1.165) is 17.0 Å². The number of nitrogens with zero attached hydrogens (tertiary/aromatic N) is 2. The summed E-state index contributed by atoms with van der Waals surface area (Å²) < 4.78 is 5.10. The third-order valence-electron chi connectivity index (χ3n) is 3.46. The molecule has 0 aliphatic heterocycles. The molecule has 24 heavy (non-hydrogen) atoms. The third kappa shape index (κ3) is 4.61. The molecule has 7 heteroatoms. The Balaban J connectivity index is 1.88. The fourth-order valence-corrected chi connectivity index (χ4v) is 3.11. The summed E-state index contributed by atoms with van der Waals surface area (Å²) in [5.74, 6) is 1.57. The van der Waals surface area contributed by atoms with Gasteiger partial charge < -0.3 is 14.7 Å². The minimum absolute atomic E-state index is 0.0983. The number of aromatic nitrogens is 1. The van der Waals surface area contributed by atoms with E-state index in [1.165, 1.54) is 16.7 Å². The number of amides is 2. The minimum Gasteiger partial charge on any atom is -0.361 e. The van der Waals surface area contributed by atoms with Gasteiger partial charge in [-0.15, -0.1) is 11.8 Å². The fraction of sp³-hybridized carbons (Fsp3) is 0.353. The SMILES string of the molecule is Cc1noc(C)c1CSCC(=O)Nc1cccc(C(=O)N(C)C)c1. The van der Waals surface area contributed by atoms with Gasteiger partial charge in [-0.1, -0.05) is 11.2 Å². The Morgan fingerprint density at radius 2 is 2.04 bits per heavy atom. The number of anilines is 1. The first-order valence-corrected chi connectivity index (χ1v) is 8.65. The normalized spacial score (nSPS) is 10.5. The monoisotopic (exact) mass is 347 g/mol. The van der Waals surface area contributed by atoms with E-state index in [1.54, 1.807) is 38.4 Å². The van der Waals surface area contributed by atoms with Crippen LogP contribution in [0.5, 0.6) is 0 Å². The van der Waals surface area contributed by atoms with Crippen LogP contribution in [0.15, 0.2) is 28.8 Å². The maximum atomic E-state index is 12.1. The van der Waals surface area contributed by atoms with E-state index in [1.807, 2.05) is 13.8 Å². The molecule has 1 N–H and O–H groups in total. The second-order valence-corrected chi connectivity index (χ2v) is 6.61. The van der Waals surface area contributed by atoms with Crippen molar-refractivity contribution in [2.75, 3.05) is 25.2 Å². The number of rotatable bonds is 6. The van der Waals surface area contributed by atoms with Crippen molar-refractivity contribution < 1.29 is 14.1 Å². The molecular weight excluding hydrogens is 326 g/mol. The smallest absolute Gasteiger partial charge is 0.253 e. The summed E-state index contributed by atoms with van der Waals surface area (Å²) >= 11 is 1.49. The number of nitrogens with one attached hydrogen (secondary N) is 1. The summed E-state index contributed by atoms with van der Waals surface area (Å²) in [4.78, 5) is 25.5. The van der Waals surface area contributed by atoms with E-state index in [-0.39, 0.29) is 11.8 Å². The first-order chi connectivity index (χ1) is 11.4. The van der Waals surface area contributed by atoms with Crippen LogP contribution in [-0.2, 0) is 10.5 Å². The molecule has 2 rings (SSSR count). The summed E-state index contributed by atoms with van der Waals surface area (Å²) in [6.45, 7) is 3.75. The van der Waals surface area contributed by atoms with E-state index in [2.05, 4.69) is 10.5 Å². The average Bonchev–Trinajstić information content (AvgIpc) is 2.86. The molecule has 0 aliphatic rings. The van der Waals surface area contributed by atoms with Gasteiger partial charge >= 0.3 is 0 Å². The summed E-state index contributed by atoms with van der Waals surface area (Å²) in [7, 11) is 3.39. The Kier molecular flexibility index (Phi) is 6.03. The van der Waals surface area contributed by atoms with Crippen LogP contribution in [0.25, 0.3) is 0 Å². The largest absolute Gasteiger partial charge is 0.361 e. The van der Waals surface area contributed by atoms with Crippen LogP contribution in [0.4, 0.5) is 5.69 Å². The lowest BCUT2D eigenvalue weighted by Crippen LogP contribution is -2.22. The highest BCUT2D eigenvalue weighted by Gasteiger charge is 2.12. The number of carbonyl (C=O) groups excluding carboxylic acids is 2. The zero-order valence-electron chi connectivity index (χ0n) is 14.3. The van der Waals surface area contributed by atoms with Crippen molar-refractivity contribution in [3.05, 3.63) is 46.8 Å². The zero-order valence-corrected chi connectivity index (χ0v) is 15.1. The van der Waals surface area contributed by atoms with Crippen molar-refractivity contribution >= 4 is 29.3 Å². The zero-order chi connectivity index (χ0) is 17.7. The van der Waals surface area contributed by atoms with Gasteiger partial charge in [0, 0.05) is 36.7 Å². The van der Waals surface area contributed by atoms with E-state index in [4.69, 9.17) is 4.52 Å². The maximum Gasteiger partial charge on any atom is 0.253 e. The number of hydrogen-bond acceptors (Lipinski definition) is 5. The molecule has 1 aromatic carbocycles. The highest BCUT2D eigenvalue weighted by Crippen LogP contribution is 2.20. The second-order valence-electron chi connectivity index (χ2n) is 5.62. The molecule has 2 aromatic rings. The van der Waals surface area contributed by atoms with Crippen LogP contribution < -0.4 is 5.32 Å². The topological polar surface area (TPSA) is 75.4 Å². The number of benzene rings is 1. The molecule has 0 atom stereocenters. The highest BCUT2D eigenvalue weighted by atomic mass is 32.2. The van der Waals surface area contributed by atoms with Crippen molar-refractivity contribution in [3.63, 3.8) is 0 Å². The molecule has 0 fully saturated rings. The van der Waals surface area contributed by atoms with Crippen LogP contribution >= 0.6 is 11.8 Å². The molecule has 0 bridgehead atoms. The molecule has 0 saturated carbocycles. The minimum atomic E-state index is -0.110. The third-order valence-corrected chi connectivity index (χ3v) is 4.42. The first kappa shape index (κ1) is 18.1.